The van der Waals surface area contributed by atoms with E-state index >= 15 is 0 Å². The Morgan fingerprint density at radius 2 is 1.74 bits per heavy atom. The molecule has 3 aromatic carbocycles. The molecule has 6 heteroatoms. The zero-order valence-corrected chi connectivity index (χ0v) is 14.7. The zero-order valence-electron chi connectivity index (χ0n) is 14.7. The summed E-state index contributed by atoms with van der Waals surface area (Å²) in [5, 5.41) is 22.8. The number of rotatable bonds is 3. The summed E-state index contributed by atoms with van der Waals surface area (Å²) in [7, 11) is 1.87. The van der Waals surface area contributed by atoms with Crippen LogP contribution in [0.15, 0.2) is 71.9 Å². The minimum Gasteiger partial charge on any atom is -0.507 e. The van der Waals surface area contributed by atoms with E-state index in [2.05, 4.69) is 10.1 Å². The second-order valence-corrected chi connectivity index (χ2v) is 6.25. The lowest BCUT2D eigenvalue weighted by Crippen LogP contribution is -2.12. The average molecular weight is 358 g/mol. The first-order valence-electron chi connectivity index (χ1n) is 8.42. The van der Waals surface area contributed by atoms with Crippen LogP contribution >= 0.6 is 0 Å². The average Bonchev–Trinajstić information content (AvgIpc) is 3.04. The number of oxime groups is 1. The maximum Gasteiger partial charge on any atom is 0.170 e. The fraction of sp³-hybridized carbons (Fsp3) is 0.0476. The molecule has 4 N–H and O–H groups in total. The van der Waals surface area contributed by atoms with Gasteiger partial charge in [0.05, 0.1) is 16.6 Å². The van der Waals surface area contributed by atoms with E-state index in [0.717, 1.165) is 22.2 Å². The van der Waals surface area contributed by atoms with Crippen molar-refractivity contribution in [3.63, 3.8) is 0 Å². The van der Waals surface area contributed by atoms with Gasteiger partial charge in [0.15, 0.2) is 5.84 Å². The summed E-state index contributed by atoms with van der Waals surface area (Å²) < 4.78 is 1.88. The Kier molecular flexibility index (Phi) is 4.01. The standard InChI is InChI=1S/C21H18N4O2/c1-25-18-12-14(20(22)24-27)10-11-17(18)23-21(25)16-9-5-8-15(19(16)26)13-6-3-2-4-7-13/h2-12,26-27H,1H3,(H2,22,24). The van der Waals surface area contributed by atoms with Crippen LogP contribution in [-0.4, -0.2) is 25.7 Å². The van der Waals surface area contributed by atoms with Crippen molar-refractivity contribution in [2.75, 3.05) is 0 Å². The highest BCUT2D eigenvalue weighted by Crippen LogP contribution is 2.38. The van der Waals surface area contributed by atoms with Gasteiger partial charge < -0.3 is 20.6 Å². The highest BCUT2D eigenvalue weighted by Gasteiger charge is 2.17. The highest BCUT2D eigenvalue weighted by molar-refractivity contribution is 6.00. The first-order chi connectivity index (χ1) is 13.1. The van der Waals surface area contributed by atoms with Gasteiger partial charge in [0.25, 0.3) is 0 Å². The van der Waals surface area contributed by atoms with Crippen LogP contribution in [0.25, 0.3) is 33.5 Å². The first-order valence-corrected chi connectivity index (χ1v) is 8.42. The number of amidine groups is 1. The SMILES string of the molecule is Cn1c(-c2cccc(-c3ccccc3)c2O)nc2ccc(/C(N)=N\O)cc21. The predicted molar refractivity (Wildman–Crippen MR) is 106 cm³/mol. The van der Waals surface area contributed by atoms with Gasteiger partial charge in [0, 0.05) is 18.2 Å². The number of phenols is 1. The van der Waals surface area contributed by atoms with Crippen LogP contribution in [0.2, 0.25) is 0 Å². The van der Waals surface area contributed by atoms with Gasteiger partial charge in [-0.1, -0.05) is 47.6 Å². The second-order valence-electron chi connectivity index (χ2n) is 6.25. The fourth-order valence-electron chi connectivity index (χ4n) is 3.22. The maximum absolute atomic E-state index is 10.9. The van der Waals surface area contributed by atoms with Crippen molar-refractivity contribution < 1.29 is 10.3 Å². The molecule has 0 saturated heterocycles. The number of phenolic OH excluding ortho intramolecular Hbond substituents is 1. The smallest absolute Gasteiger partial charge is 0.170 e. The normalized spacial score (nSPS) is 11.8. The van der Waals surface area contributed by atoms with Crippen molar-refractivity contribution in [1.82, 2.24) is 9.55 Å². The number of benzene rings is 3. The molecule has 0 saturated carbocycles. The number of nitrogens with two attached hydrogens (primary N) is 1. The molecule has 0 aliphatic heterocycles. The molecule has 0 radical (unpaired) electrons. The lowest BCUT2D eigenvalue weighted by molar-refractivity contribution is 0.318. The van der Waals surface area contributed by atoms with Crippen LogP contribution in [0.1, 0.15) is 5.56 Å². The van der Waals surface area contributed by atoms with Crippen molar-refractivity contribution >= 4 is 16.9 Å². The number of fused-ring (bicyclic) bond motifs is 1. The molecule has 1 heterocycles. The molecule has 134 valence electrons. The number of aromatic nitrogens is 2. The zero-order chi connectivity index (χ0) is 19.0. The van der Waals surface area contributed by atoms with Crippen molar-refractivity contribution in [3.05, 3.63) is 72.3 Å². The maximum atomic E-state index is 10.9. The summed E-state index contributed by atoms with van der Waals surface area (Å²) in [6, 6.07) is 20.7. The van der Waals surface area contributed by atoms with Gasteiger partial charge in [-0.25, -0.2) is 4.98 Å². The Labute approximate surface area is 155 Å². The topological polar surface area (TPSA) is 96.7 Å². The molecule has 0 fully saturated rings. The molecule has 27 heavy (non-hydrogen) atoms. The first kappa shape index (κ1) is 16.7. The van der Waals surface area contributed by atoms with E-state index in [4.69, 9.17) is 10.9 Å². The van der Waals surface area contributed by atoms with Gasteiger partial charge in [-0.05, 0) is 29.8 Å². The van der Waals surface area contributed by atoms with Crippen molar-refractivity contribution in [1.29, 1.82) is 0 Å². The summed E-state index contributed by atoms with van der Waals surface area (Å²) in [4.78, 5) is 4.66. The van der Waals surface area contributed by atoms with E-state index < -0.39 is 0 Å². The molecule has 0 bridgehead atoms. The van der Waals surface area contributed by atoms with E-state index in [9.17, 15) is 5.11 Å². The Morgan fingerprint density at radius 3 is 2.48 bits per heavy atom. The number of hydrogen-bond donors (Lipinski definition) is 3. The third-order valence-electron chi connectivity index (χ3n) is 4.65. The van der Waals surface area contributed by atoms with E-state index in [1.807, 2.05) is 66.2 Å². The number of aromatic hydroxyl groups is 1. The molecule has 0 spiro atoms. The van der Waals surface area contributed by atoms with E-state index in [1.165, 1.54) is 0 Å². The third kappa shape index (κ3) is 2.77. The summed E-state index contributed by atoms with van der Waals surface area (Å²) in [5.74, 6) is 0.851. The molecule has 4 rings (SSSR count). The molecule has 0 aliphatic carbocycles. The third-order valence-corrected chi connectivity index (χ3v) is 4.65. The van der Waals surface area contributed by atoms with Crippen LogP contribution < -0.4 is 5.73 Å². The summed E-state index contributed by atoms with van der Waals surface area (Å²) in [6.45, 7) is 0. The van der Waals surface area contributed by atoms with E-state index in [1.54, 1.807) is 12.1 Å². The van der Waals surface area contributed by atoms with Gasteiger partial charge in [0.1, 0.15) is 11.6 Å². The van der Waals surface area contributed by atoms with Gasteiger partial charge >= 0.3 is 0 Å². The van der Waals surface area contributed by atoms with Crippen LogP contribution in [-0.2, 0) is 7.05 Å². The quantitative estimate of drug-likeness (QED) is 0.225. The second kappa shape index (κ2) is 6.49. The predicted octanol–water partition coefficient (Wildman–Crippen LogP) is 3.71. The summed E-state index contributed by atoms with van der Waals surface area (Å²) in [5.41, 5.74) is 10.2. The van der Waals surface area contributed by atoms with Crippen molar-refractivity contribution in [2.45, 2.75) is 0 Å². The van der Waals surface area contributed by atoms with E-state index in [-0.39, 0.29) is 11.6 Å². The summed E-state index contributed by atoms with van der Waals surface area (Å²) in [6.07, 6.45) is 0. The largest absolute Gasteiger partial charge is 0.507 e. The molecule has 0 unspecified atom stereocenters. The number of para-hydroxylation sites is 1. The van der Waals surface area contributed by atoms with E-state index in [0.29, 0.717) is 17.0 Å². The lowest BCUT2D eigenvalue weighted by atomic mass is 10.0. The monoisotopic (exact) mass is 358 g/mol. The highest BCUT2D eigenvalue weighted by atomic mass is 16.4. The van der Waals surface area contributed by atoms with Crippen molar-refractivity contribution in [2.24, 2.45) is 17.9 Å². The minimum atomic E-state index is 0.0357. The molecule has 6 nitrogen and oxygen atoms in total. The summed E-state index contributed by atoms with van der Waals surface area (Å²) >= 11 is 0. The molecular weight excluding hydrogens is 340 g/mol. The van der Waals surface area contributed by atoms with Crippen LogP contribution in [0.4, 0.5) is 0 Å². The molecule has 0 amide bonds. The van der Waals surface area contributed by atoms with Crippen molar-refractivity contribution in [3.8, 4) is 28.3 Å². The van der Waals surface area contributed by atoms with Gasteiger partial charge in [-0.15, -0.1) is 0 Å². The Balaban J connectivity index is 1.89. The minimum absolute atomic E-state index is 0.0357. The number of imidazole rings is 1. The number of aryl methyl sites for hydroxylation is 1. The molecular formula is C21H18N4O2. The lowest BCUT2D eigenvalue weighted by Gasteiger charge is -2.10. The number of hydrogen-bond acceptors (Lipinski definition) is 4. The van der Waals surface area contributed by atoms with Crippen LogP contribution in [0.3, 0.4) is 0 Å². The fourth-order valence-corrected chi connectivity index (χ4v) is 3.22. The Bertz CT molecular complexity index is 1160. The van der Waals surface area contributed by atoms with Gasteiger partial charge in [0.2, 0.25) is 0 Å². The molecule has 4 aromatic rings. The number of nitrogens with zero attached hydrogens (tertiary/aromatic N) is 3. The molecule has 0 aliphatic rings. The molecule has 1 aromatic heterocycles. The van der Waals surface area contributed by atoms with Gasteiger partial charge in [-0.3, -0.25) is 0 Å². The Morgan fingerprint density at radius 1 is 1.00 bits per heavy atom. The van der Waals surface area contributed by atoms with Gasteiger partial charge in [-0.2, -0.15) is 0 Å². The van der Waals surface area contributed by atoms with Crippen LogP contribution in [0.5, 0.6) is 5.75 Å². The molecule has 0 atom stereocenters. The Hall–Kier alpha value is -3.80. The van der Waals surface area contributed by atoms with Crippen LogP contribution in [0, 0.1) is 0 Å².